The van der Waals surface area contributed by atoms with Crippen molar-refractivity contribution in [3.05, 3.63) is 18.3 Å². The Labute approximate surface area is 110 Å². The zero-order valence-corrected chi connectivity index (χ0v) is 11.6. The third-order valence-corrected chi connectivity index (χ3v) is 3.51. The molecule has 100 valence electrons. The average Bonchev–Trinajstić information content (AvgIpc) is 2.31. The standard InChI is InChI=1S/C14H24N4/c1-14(2,3)18-8-4-5-12(10-18)17-13-7-6-11(15)9-16-13/h6-7,9,12H,4-5,8,10,15H2,1-3H3,(H,16,17). The molecule has 1 aliphatic heterocycles. The van der Waals surface area contributed by atoms with Crippen LogP contribution in [-0.4, -0.2) is 34.6 Å². The van der Waals surface area contributed by atoms with E-state index in [2.05, 4.69) is 36.0 Å². The molecule has 2 rings (SSSR count). The zero-order chi connectivity index (χ0) is 13.2. The maximum absolute atomic E-state index is 5.64. The van der Waals surface area contributed by atoms with Gasteiger partial charge in [0, 0.05) is 18.1 Å². The molecule has 0 saturated carbocycles. The van der Waals surface area contributed by atoms with Crippen molar-refractivity contribution in [1.29, 1.82) is 0 Å². The molecule has 0 spiro atoms. The molecule has 1 aliphatic rings. The van der Waals surface area contributed by atoms with Crippen molar-refractivity contribution in [3.8, 4) is 0 Å². The van der Waals surface area contributed by atoms with Crippen LogP contribution in [-0.2, 0) is 0 Å². The van der Waals surface area contributed by atoms with Crippen LogP contribution < -0.4 is 11.1 Å². The zero-order valence-electron chi connectivity index (χ0n) is 11.6. The van der Waals surface area contributed by atoms with Gasteiger partial charge in [-0.2, -0.15) is 0 Å². The molecule has 18 heavy (non-hydrogen) atoms. The third kappa shape index (κ3) is 3.35. The predicted octanol–water partition coefficient (Wildman–Crippen LogP) is 2.34. The SMILES string of the molecule is CC(C)(C)N1CCCC(Nc2ccc(N)cn2)C1. The van der Waals surface area contributed by atoms with Gasteiger partial charge in [-0.05, 0) is 52.3 Å². The molecular weight excluding hydrogens is 224 g/mol. The van der Waals surface area contributed by atoms with Gasteiger partial charge in [0.2, 0.25) is 0 Å². The number of nitrogens with zero attached hydrogens (tertiary/aromatic N) is 2. The molecular formula is C14H24N4. The first-order valence-corrected chi connectivity index (χ1v) is 6.68. The summed E-state index contributed by atoms with van der Waals surface area (Å²) in [5.41, 5.74) is 6.59. The average molecular weight is 248 g/mol. The van der Waals surface area contributed by atoms with E-state index in [0.717, 1.165) is 12.4 Å². The van der Waals surface area contributed by atoms with Crippen molar-refractivity contribution in [1.82, 2.24) is 9.88 Å². The van der Waals surface area contributed by atoms with Gasteiger partial charge in [0.05, 0.1) is 11.9 Å². The van der Waals surface area contributed by atoms with E-state index in [1.165, 1.54) is 19.4 Å². The highest BCUT2D eigenvalue weighted by atomic mass is 15.2. The van der Waals surface area contributed by atoms with Crippen LogP contribution in [0.2, 0.25) is 0 Å². The molecule has 0 aliphatic carbocycles. The van der Waals surface area contributed by atoms with Gasteiger partial charge in [-0.15, -0.1) is 0 Å². The topological polar surface area (TPSA) is 54.2 Å². The number of nitrogens with one attached hydrogen (secondary N) is 1. The van der Waals surface area contributed by atoms with E-state index in [1.54, 1.807) is 6.20 Å². The molecule has 0 amide bonds. The normalized spacial score (nSPS) is 21.8. The molecule has 3 N–H and O–H groups in total. The van der Waals surface area contributed by atoms with Gasteiger partial charge in [0.1, 0.15) is 5.82 Å². The Morgan fingerprint density at radius 1 is 1.39 bits per heavy atom. The highest BCUT2D eigenvalue weighted by molar-refractivity contribution is 5.44. The molecule has 1 aromatic heterocycles. The third-order valence-electron chi connectivity index (χ3n) is 3.51. The van der Waals surface area contributed by atoms with Crippen LogP contribution in [0.5, 0.6) is 0 Å². The molecule has 1 saturated heterocycles. The van der Waals surface area contributed by atoms with Gasteiger partial charge < -0.3 is 11.1 Å². The first kappa shape index (κ1) is 13.1. The predicted molar refractivity (Wildman–Crippen MR) is 76.6 cm³/mol. The molecule has 0 bridgehead atoms. The summed E-state index contributed by atoms with van der Waals surface area (Å²) in [5, 5.41) is 3.50. The quantitative estimate of drug-likeness (QED) is 0.843. The molecule has 2 heterocycles. The lowest BCUT2D eigenvalue weighted by Gasteiger charge is -2.41. The Kier molecular flexibility index (Phi) is 3.76. The number of nitrogens with two attached hydrogens (primary N) is 1. The summed E-state index contributed by atoms with van der Waals surface area (Å²) in [6.07, 6.45) is 4.15. The van der Waals surface area contributed by atoms with Crippen LogP contribution in [0, 0.1) is 0 Å². The van der Waals surface area contributed by atoms with Crippen LogP contribution in [0.4, 0.5) is 11.5 Å². The fourth-order valence-corrected chi connectivity index (χ4v) is 2.40. The lowest BCUT2D eigenvalue weighted by molar-refractivity contribution is 0.104. The molecule has 4 heteroatoms. The number of likely N-dealkylation sites (tertiary alicyclic amines) is 1. The number of hydrogen-bond acceptors (Lipinski definition) is 4. The van der Waals surface area contributed by atoms with E-state index in [0.29, 0.717) is 11.7 Å². The fourth-order valence-electron chi connectivity index (χ4n) is 2.40. The Morgan fingerprint density at radius 3 is 2.78 bits per heavy atom. The Hall–Kier alpha value is -1.29. The van der Waals surface area contributed by atoms with Gasteiger partial charge >= 0.3 is 0 Å². The van der Waals surface area contributed by atoms with Crippen molar-refractivity contribution in [2.45, 2.75) is 45.2 Å². The minimum Gasteiger partial charge on any atom is -0.397 e. The first-order chi connectivity index (χ1) is 8.45. The lowest BCUT2D eigenvalue weighted by Crippen LogP contribution is -2.50. The monoisotopic (exact) mass is 248 g/mol. The summed E-state index contributed by atoms with van der Waals surface area (Å²) >= 11 is 0. The number of rotatable bonds is 2. The number of anilines is 2. The summed E-state index contributed by atoms with van der Waals surface area (Å²) in [5.74, 6) is 0.921. The van der Waals surface area contributed by atoms with Crippen LogP contribution in [0.25, 0.3) is 0 Å². The van der Waals surface area contributed by atoms with Gasteiger partial charge in [0.25, 0.3) is 0 Å². The fraction of sp³-hybridized carbons (Fsp3) is 0.643. The Balaban J connectivity index is 1.95. The van der Waals surface area contributed by atoms with E-state index in [4.69, 9.17) is 5.73 Å². The summed E-state index contributed by atoms with van der Waals surface area (Å²) in [6, 6.07) is 4.32. The maximum atomic E-state index is 5.64. The number of nitrogen functional groups attached to an aromatic ring is 1. The van der Waals surface area contributed by atoms with E-state index >= 15 is 0 Å². The Morgan fingerprint density at radius 2 is 2.17 bits per heavy atom. The molecule has 0 radical (unpaired) electrons. The summed E-state index contributed by atoms with van der Waals surface area (Å²) in [7, 11) is 0. The first-order valence-electron chi connectivity index (χ1n) is 6.68. The van der Waals surface area contributed by atoms with Crippen molar-refractivity contribution < 1.29 is 0 Å². The minimum atomic E-state index is 0.245. The number of aromatic nitrogens is 1. The van der Waals surface area contributed by atoms with Gasteiger partial charge in [-0.1, -0.05) is 0 Å². The van der Waals surface area contributed by atoms with E-state index in [1.807, 2.05) is 12.1 Å². The van der Waals surface area contributed by atoms with Crippen LogP contribution >= 0.6 is 0 Å². The molecule has 1 atom stereocenters. The van der Waals surface area contributed by atoms with Crippen LogP contribution in [0.1, 0.15) is 33.6 Å². The number of hydrogen-bond donors (Lipinski definition) is 2. The van der Waals surface area contributed by atoms with Crippen molar-refractivity contribution in [2.24, 2.45) is 0 Å². The maximum Gasteiger partial charge on any atom is 0.126 e. The van der Waals surface area contributed by atoms with Crippen molar-refractivity contribution in [2.75, 3.05) is 24.1 Å². The van der Waals surface area contributed by atoms with E-state index < -0.39 is 0 Å². The summed E-state index contributed by atoms with van der Waals surface area (Å²) < 4.78 is 0. The van der Waals surface area contributed by atoms with Crippen LogP contribution in [0.3, 0.4) is 0 Å². The van der Waals surface area contributed by atoms with Crippen molar-refractivity contribution in [3.63, 3.8) is 0 Å². The van der Waals surface area contributed by atoms with Gasteiger partial charge in [-0.3, -0.25) is 4.90 Å². The molecule has 4 nitrogen and oxygen atoms in total. The lowest BCUT2D eigenvalue weighted by atomic mass is 9.98. The second-order valence-corrected chi connectivity index (χ2v) is 6.08. The second-order valence-electron chi connectivity index (χ2n) is 6.08. The second kappa shape index (κ2) is 5.14. The molecule has 0 aromatic carbocycles. The molecule has 1 fully saturated rings. The number of piperidine rings is 1. The van der Waals surface area contributed by atoms with Crippen LogP contribution in [0.15, 0.2) is 18.3 Å². The van der Waals surface area contributed by atoms with Crippen molar-refractivity contribution >= 4 is 11.5 Å². The smallest absolute Gasteiger partial charge is 0.126 e. The minimum absolute atomic E-state index is 0.245. The van der Waals surface area contributed by atoms with Gasteiger partial charge in [0.15, 0.2) is 0 Å². The van der Waals surface area contributed by atoms with Gasteiger partial charge in [-0.25, -0.2) is 4.98 Å². The molecule has 1 aromatic rings. The molecule has 1 unspecified atom stereocenters. The Bertz CT molecular complexity index is 380. The van der Waals surface area contributed by atoms with E-state index in [9.17, 15) is 0 Å². The highest BCUT2D eigenvalue weighted by Gasteiger charge is 2.27. The highest BCUT2D eigenvalue weighted by Crippen LogP contribution is 2.22. The van der Waals surface area contributed by atoms with E-state index in [-0.39, 0.29) is 5.54 Å². The number of pyridine rings is 1. The largest absolute Gasteiger partial charge is 0.397 e. The summed E-state index contributed by atoms with van der Waals surface area (Å²) in [6.45, 7) is 9.09. The summed E-state index contributed by atoms with van der Waals surface area (Å²) in [4.78, 5) is 6.84.